The molecule has 0 spiro atoms. The summed E-state index contributed by atoms with van der Waals surface area (Å²) in [6, 6.07) is 14.4. The van der Waals surface area contributed by atoms with E-state index in [9.17, 15) is 0 Å². The second kappa shape index (κ2) is 8.27. The summed E-state index contributed by atoms with van der Waals surface area (Å²) < 4.78 is 6.92. The number of likely N-dealkylation sites (N-methyl/N-ethyl adjacent to an activating group) is 1. The Kier molecular flexibility index (Phi) is 5.17. The van der Waals surface area contributed by atoms with Gasteiger partial charge in [-0.25, -0.2) is 4.98 Å². The van der Waals surface area contributed by atoms with Gasteiger partial charge in [-0.1, -0.05) is 12.1 Å². The molecule has 3 N–H and O–H groups in total. The molecule has 0 atom stereocenters. The van der Waals surface area contributed by atoms with Crippen molar-refractivity contribution in [3.63, 3.8) is 0 Å². The Bertz CT molecular complexity index is 1150. The maximum atomic E-state index is 6.14. The Morgan fingerprint density at radius 2 is 1.94 bits per heavy atom. The molecular weight excluding hydrogens is 392 g/mol. The molecule has 9 heteroatoms. The van der Waals surface area contributed by atoms with Crippen molar-refractivity contribution in [3.8, 4) is 11.6 Å². The minimum absolute atomic E-state index is 0.296. The quantitative estimate of drug-likeness (QED) is 0.491. The first-order valence-electron chi connectivity index (χ1n) is 10.5. The molecule has 1 aliphatic rings. The zero-order chi connectivity index (χ0) is 21.2. The van der Waals surface area contributed by atoms with Crippen LogP contribution >= 0.6 is 0 Å². The van der Waals surface area contributed by atoms with Gasteiger partial charge >= 0.3 is 0 Å². The summed E-state index contributed by atoms with van der Waals surface area (Å²) >= 11 is 0. The van der Waals surface area contributed by atoms with E-state index in [1.807, 2.05) is 19.2 Å². The molecule has 0 amide bonds. The fourth-order valence-corrected chi connectivity index (χ4v) is 3.81. The van der Waals surface area contributed by atoms with Gasteiger partial charge in [-0.3, -0.25) is 0 Å². The van der Waals surface area contributed by atoms with Gasteiger partial charge in [-0.2, -0.15) is 9.50 Å². The minimum atomic E-state index is 0.296. The van der Waals surface area contributed by atoms with Crippen LogP contribution in [0.3, 0.4) is 0 Å². The predicted octanol–water partition coefficient (Wildman–Crippen LogP) is 2.05. The normalized spacial score (nSPS) is 14.3. The van der Waals surface area contributed by atoms with Crippen molar-refractivity contribution in [3.05, 3.63) is 54.3 Å². The van der Waals surface area contributed by atoms with Gasteiger partial charge < -0.3 is 25.3 Å². The van der Waals surface area contributed by atoms with Crippen LogP contribution in [-0.4, -0.2) is 59.4 Å². The number of piperazine rings is 1. The first-order chi connectivity index (χ1) is 15.2. The van der Waals surface area contributed by atoms with Crippen LogP contribution in [0.1, 0.15) is 5.56 Å². The lowest BCUT2D eigenvalue weighted by atomic mass is 10.1. The van der Waals surface area contributed by atoms with Crippen LogP contribution in [0.15, 0.2) is 53.1 Å². The number of hydrogen-bond donors (Lipinski definition) is 2. The van der Waals surface area contributed by atoms with E-state index in [0.29, 0.717) is 23.2 Å². The van der Waals surface area contributed by atoms with Gasteiger partial charge in [0.15, 0.2) is 11.4 Å². The lowest BCUT2D eigenvalue weighted by Gasteiger charge is -2.29. The highest BCUT2D eigenvalue weighted by molar-refractivity contribution is 5.59. The molecule has 5 rings (SSSR count). The summed E-state index contributed by atoms with van der Waals surface area (Å²) in [6.45, 7) is 5.02. The molecule has 0 bridgehead atoms. The number of furan rings is 1. The number of benzene rings is 1. The van der Waals surface area contributed by atoms with E-state index in [0.717, 1.165) is 45.0 Å². The van der Waals surface area contributed by atoms with Gasteiger partial charge in [-0.05, 0) is 36.2 Å². The van der Waals surface area contributed by atoms with Crippen molar-refractivity contribution in [2.75, 3.05) is 55.3 Å². The first kappa shape index (κ1) is 19.4. The second-order valence-electron chi connectivity index (χ2n) is 7.73. The summed E-state index contributed by atoms with van der Waals surface area (Å²) in [5, 5.41) is 7.78. The molecule has 4 aromatic rings. The highest BCUT2D eigenvalue weighted by Crippen LogP contribution is 2.21. The predicted molar refractivity (Wildman–Crippen MR) is 121 cm³/mol. The summed E-state index contributed by atoms with van der Waals surface area (Å²) in [7, 11) is 2.01. The number of nitrogens with two attached hydrogens (primary N) is 1. The zero-order valence-corrected chi connectivity index (χ0v) is 17.5. The van der Waals surface area contributed by atoms with Crippen LogP contribution < -0.4 is 20.9 Å². The van der Waals surface area contributed by atoms with Crippen molar-refractivity contribution in [1.82, 2.24) is 24.9 Å². The molecule has 31 heavy (non-hydrogen) atoms. The third-order valence-electron chi connectivity index (χ3n) is 5.62. The molecule has 0 unspecified atom stereocenters. The second-order valence-corrected chi connectivity index (χ2v) is 7.73. The van der Waals surface area contributed by atoms with Crippen molar-refractivity contribution in [1.29, 1.82) is 0 Å². The van der Waals surface area contributed by atoms with Crippen LogP contribution in [0, 0.1) is 0 Å². The number of nitrogens with one attached hydrogen (secondary N) is 1. The zero-order valence-electron chi connectivity index (χ0n) is 17.5. The number of hydrogen-bond acceptors (Lipinski definition) is 8. The standard InChI is InChI=1S/C22H26N8O/c1-28(11-8-16-4-6-17(7-5-16)29-12-9-24-10-13-29)19-15-20-25-21(18-3-2-14-31-18)27-30(20)22(23)26-19/h2-7,14-15,24H,8-13H2,1H3,(H2,23,26). The number of nitrogen functional groups attached to an aromatic ring is 1. The van der Waals surface area contributed by atoms with Crippen molar-refractivity contribution >= 4 is 23.1 Å². The van der Waals surface area contributed by atoms with Crippen LogP contribution in [-0.2, 0) is 6.42 Å². The van der Waals surface area contributed by atoms with Gasteiger partial charge in [0, 0.05) is 51.5 Å². The van der Waals surface area contributed by atoms with E-state index in [4.69, 9.17) is 10.2 Å². The first-order valence-corrected chi connectivity index (χ1v) is 10.5. The molecule has 160 valence electrons. The molecule has 1 fully saturated rings. The van der Waals surface area contributed by atoms with Crippen LogP contribution in [0.4, 0.5) is 17.5 Å². The van der Waals surface area contributed by atoms with Gasteiger partial charge in [0.25, 0.3) is 0 Å². The SMILES string of the molecule is CN(CCc1ccc(N2CCNCC2)cc1)c1cc2nc(-c3ccco3)nn2c(N)n1. The number of aromatic nitrogens is 4. The minimum Gasteiger partial charge on any atom is -0.461 e. The fraction of sp³-hybridized carbons (Fsp3) is 0.318. The van der Waals surface area contributed by atoms with Crippen molar-refractivity contribution in [2.24, 2.45) is 0 Å². The van der Waals surface area contributed by atoms with Gasteiger partial charge in [0.05, 0.1) is 6.26 Å². The Hall–Kier alpha value is -3.59. The van der Waals surface area contributed by atoms with Crippen molar-refractivity contribution < 1.29 is 4.42 Å². The van der Waals surface area contributed by atoms with E-state index in [1.54, 1.807) is 12.3 Å². The lowest BCUT2D eigenvalue weighted by molar-refractivity contribution is 0.577. The molecule has 0 aliphatic carbocycles. The van der Waals surface area contributed by atoms with E-state index in [2.05, 4.69) is 54.4 Å². The number of anilines is 3. The van der Waals surface area contributed by atoms with Gasteiger partial charge in [0.1, 0.15) is 5.82 Å². The van der Waals surface area contributed by atoms with Gasteiger partial charge in [-0.15, -0.1) is 5.10 Å². The summed E-state index contributed by atoms with van der Waals surface area (Å²) in [6.07, 6.45) is 2.51. The number of rotatable bonds is 6. The van der Waals surface area contributed by atoms with Crippen LogP contribution in [0.2, 0.25) is 0 Å². The highest BCUT2D eigenvalue weighted by atomic mass is 16.3. The average molecular weight is 419 g/mol. The summed E-state index contributed by atoms with van der Waals surface area (Å²) in [5.74, 6) is 2.15. The summed E-state index contributed by atoms with van der Waals surface area (Å²) in [5.41, 5.74) is 9.36. The molecule has 1 aliphatic heterocycles. The molecule has 3 aromatic heterocycles. The molecule has 4 heterocycles. The average Bonchev–Trinajstić information content (AvgIpc) is 3.48. The molecule has 0 radical (unpaired) electrons. The lowest BCUT2D eigenvalue weighted by Crippen LogP contribution is -2.43. The van der Waals surface area contributed by atoms with Crippen molar-refractivity contribution in [2.45, 2.75) is 6.42 Å². The molecule has 0 saturated carbocycles. The Labute approximate surface area is 180 Å². The molecule has 1 saturated heterocycles. The Balaban J connectivity index is 1.27. The smallest absolute Gasteiger partial charge is 0.225 e. The fourth-order valence-electron chi connectivity index (χ4n) is 3.81. The van der Waals surface area contributed by atoms with E-state index in [-0.39, 0.29) is 0 Å². The van der Waals surface area contributed by atoms with E-state index in [1.165, 1.54) is 15.8 Å². The Morgan fingerprint density at radius 3 is 2.68 bits per heavy atom. The highest BCUT2D eigenvalue weighted by Gasteiger charge is 2.14. The number of fused-ring (bicyclic) bond motifs is 1. The van der Waals surface area contributed by atoms with Crippen LogP contribution in [0.5, 0.6) is 0 Å². The third-order valence-corrected chi connectivity index (χ3v) is 5.62. The third kappa shape index (κ3) is 4.04. The monoisotopic (exact) mass is 418 g/mol. The topological polar surface area (TPSA) is 101 Å². The van der Waals surface area contributed by atoms with E-state index < -0.39 is 0 Å². The molecule has 1 aromatic carbocycles. The Morgan fingerprint density at radius 1 is 1.13 bits per heavy atom. The maximum absolute atomic E-state index is 6.14. The largest absolute Gasteiger partial charge is 0.461 e. The van der Waals surface area contributed by atoms with Crippen LogP contribution in [0.25, 0.3) is 17.2 Å². The molecular formula is C22H26N8O. The number of nitrogens with zero attached hydrogens (tertiary/aromatic N) is 6. The van der Waals surface area contributed by atoms with Gasteiger partial charge in [0.2, 0.25) is 11.8 Å². The maximum Gasteiger partial charge on any atom is 0.225 e. The van der Waals surface area contributed by atoms with E-state index >= 15 is 0 Å². The molecule has 9 nitrogen and oxygen atoms in total. The summed E-state index contributed by atoms with van der Waals surface area (Å²) in [4.78, 5) is 13.5.